The number of nitrogens with two attached hydrogens (primary N) is 1. The minimum Gasteiger partial charge on any atom is -0.492 e. The molecule has 1 saturated carbocycles. The van der Waals surface area contributed by atoms with Crippen molar-refractivity contribution in [3.63, 3.8) is 0 Å². The number of nitrogens with zero attached hydrogens (tertiary/aromatic N) is 2. The van der Waals surface area contributed by atoms with Crippen molar-refractivity contribution in [2.75, 3.05) is 33.8 Å². The van der Waals surface area contributed by atoms with Crippen molar-refractivity contribution in [2.45, 2.75) is 25.8 Å². The average Bonchev–Trinajstić information content (AvgIpc) is 2.43. The van der Waals surface area contributed by atoms with Gasteiger partial charge in [-0.05, 0) is 50.6 Å². The van der Waals surface area contributed by atoms with Crippen LogP contribution in [0.4, 0.5) is 0 Å². The van der Waals surface area contributed by atoms with Crippen LogP contribution in [0.2, 0.25) is 0 Å². The van der Waals surface area contributed by atoms with E-state index in [9.17, 15) is 0 Å². The summed E-state index contributed by atoms with van der Waals surface area (Å²) in [5, 5.41) is 3.21. The van der Waals surface area contributed by atoms with Crippen LogP contribution in [0.15, 0.2) is 29.3 Å². The quantitative estimate of drug-likeness (QED) is 0.377. The maximum absolute atomic E-state index is 5.90. The third-order valence-electron chi connectivity index (χ3n) is 3.93. The molecule has 0 aromatic heterocycles. The van der Waals surface area contributed by atoms with E-state index in [1.165, 1.54) is 19.3 Å². The number of hydrogen-bond donors (Lipinski definition) is 2. The molecule has 130 valence electrons. The van der Waals surface area contributed by atoms with Crippen LogP contribution in [0.5, 0.6) is 5.75 Å². The molecule has 1 aliphatic carbocycles. The van der Waals surface area contributed by atoms with E-state index in [1.807, 2.05) is 38.4 Å². The summed E-state index contributed by atoms with van der Waals surface area (Å²) in [5.74, 6) is 2.20. The van der Waals surface area contributed by atoms with Crippen LogP contribution in [0, 0.1) is 5.92 Å². The average molecular weight is 432 g/mol. The number of hydrogen-bond acceptors (Lipinski definition) is 3. The smallest absolute Gasteiger partial charge is 0.188 e. The number of guanidine groups is 1. The van der Waals surface area contributed by atoms with Crippen molar-refractivity contribution < 1.29 is 4.74 Å². The molecule has 1 fully saturated rings. The third kappa shape index (κ3) is 7.87. The minimum atomic E-state index is 0. The molecule has 0 radical (unpaired) electrons. The molecule has 0 unspecified atom stereocenters. The van der Waals surface area contributed by atoms with Crippen LogP contribution in [-0.4, -0.2) is 44.7 Å². The van der Waals surface area contributed by atoms with Crippen molar-refractivity contribution in [1.29, 1.82) is 0 Å². The highest BCUT2D eigenvalue weighted by atomic mass is 127. The zero-order valence-corrected chi connectivity index (χ0v) is 16.5. The van der Waals surface area contributed by atoms with Crippen LogP contribution >= 0.6 is 24.0 Å². The monoisotopic (exact) mass is 432 g/mol. The minimum absolute atomic E-state index is 0. The first-order chi connectivity index (χ1) is 10.6. The number of halogens is 1. The molecular weight excluding hydrogens is 403 g/mol. The van der Waals surface area contributed by atoms with Gasteiger partial charge in [-0.15, -0.1) is 24.0 Å². The predicted molar refractivity (Wildman–Crippen MR) is 107 cm³/mol. The van der Waals surface area contributed by atoms with E-state index in [-0.39, 0.29) is 24.0 Å². The first-order valence-electron chi connectivity index (χ1n) is 8.04. The summed E-state index contributed by atoms with van der Waals surface area (Å²) in [4.78, 5) is 6.49. The van der Waals surface area contributed by atoms with Gasteiger partial charge in [0, 0.05) is 13.1 Å². The summed E-state index contributed by atoms with van der Waals surface area (Å²) < 4.78 is 5.73. The summed E-state index contributed by atoms with van der Waals surface area (Å²) in [5.41, 5.74) is 7.01. The Labute approximate surface area is 156 Å². The molecule has 5 nitrogen and oxygen atoms in total. The van der Waals surface area contributed by atoms with Gasteiger partial charge < -0.3 is 20.7 Å². The molecule has 0 atom stereocenters. The molecule has 3 N–H and O–H groups in total. The molecule has 1 aliphatic rings. The summed E-state index contributed by atoms with van der Waals surface area (Å²) in [6.45, 7) is 3.11. The summed E-state index contributed by atoms with van der Waals surface area (Å²) in [6, 6.07) is 8.04. The number of rotatable bonds is 8. The van der Waals surface area contributed by atoms with E-state index in [0.717, 1.165) is 30.3 Å². The predicted octanol–water partition coefficient (Wildman–Crippen LogP) is 2.45. The Morgan fingerprint density at radius 1 is 1.39 bits per heavy atom. The Balaban J connectivity index is 0.00000264. The molecule has 0 spiro atoms. The number of nitrogens with one attached hydrogen (secondary N) is 1. The second-order valence-corrected chi connectivity index (χ2v) is 6.18. The normalized spacial score (nSPS) is 15.0. The van der Waals surface area contributed by atoms with E-state index in [1.54, 1.807) is 0 Å². The van der Waals surface area contributed by atoms with E-state index in [0.29, 0.717) is 19.1 Å². The fraction of sp³-hybridized carbons (Fsp3) is 0.588. The van der Waals surface area contributed by atoms with Gasteiger partial charge in [0.25, 0.3) is 0 Å². The molecule has 1 aromatic rings. The molecule has 0 bridgehead atoms. The lowest BCUT2D eigenvalue weighted by Gasteiger charge is -2.25. The van der Waals surface area contributed by atoms with Gasteiger partial charge in [-0.1, -0.05) is 18.6 Å². The van der Waals surface area contributed by atoms with Crippen molar-refractivity contribution in [3.05, 3.63) is 29.8 Å². The largest absolute Gasteiger partial charge is 0.492 e. The van der Waals surface area contributed by atoms with Crippen molar-refractivity contribution >= 4 is 29.9 Å². The van der Waals surface area contributed by atoms with Gasteiger partial charge in [0.15, 0.2) is 5.96 Å². The Kier molecular flexibility index (Phi) is 9.31. The fourth-order valence-electron chi connectivity index (χ4n) is 2.26. The van der Waals surface area contributed by atoms with Crippen LogP contribution in [0.1, 0.15) is 24.8 Å². The van der Waals surface area contributed by atoms with E-state index in [4.69, 9.17) is 10.5 Å². The van der Waals surface area contributed by atoms with Gasteiger partial charge >= 0.3 is 0 Å². The Bertz CT molecular complexity index is 489. The summed E-state index contributed by atoms with van der Waals surface area (Å²) in [6.07, 6.45) is 3.98. The lowest BCUT2D eigenvalue weighted by atomic mass is 9.85. The molecular formula is C17H29IN4O. The number of benzene rings is 1. The topological polar surface area (TPSA) is 62.9 Å². The van der Waals surface area contributed by atoms with Gasteiger partial charge in [-0.3, -0.25) is 0 Å². The van der Waals surface area contributed by atoms with Crippen LogP contribution < -0.4 is 15.8 Å². The highest BCUT2D eigenvalue weighted by Crippen LogP contribution is 2.25. The van der Waals surface area contributed by atoms with E-state index in [2.05, 4.69) is 15.2 Å². The second kappa shape index (κ2) is 10.7. The highest BCUT2D eigenvalue weighted by Gasteiger charge is 2.16. The molecule has 0 amide bonds. The molecule has 0 heterocycles. The van der Waals surface area contributed by atoms with Crippen LogP contribution in [0.3, 0.4) is 0 Å². The maximum Gasteiger partial charge on any atom is 0.188 e. The molecule has 6 heteroatoms. The summed E-state index contributed by atoms with van der Waals surface area (Å²) >= 11 is 0. The van der Waals surface area contributed by atoms with Crippen molar-refractivity contribution in [2.24, 2.45) is 16.6 Å². The van der Waals surface area contributed by atoms with Gasteiger partial charge in [-0.25, -0.2) is 4.99 Å². The van der Waals surface area contributed by atoms with Gasteiger partial charge in [0.2, 0.25) is 0 Å². The third-order valence-corrected chi connectivity index (χ3v) is 3.93. The van der Waals surface area contributed by atoms with Crippen LogP contribution in [-0.2, 0) is 6.54 Å². The standard InChI is InChI=1S/C17H28N4O.HI/c1-21(2)9-10-22-16-8-4-7-15(11-16)13-20-17(18)19-12-14-5-3-6-14;/h4,7-8,11,14H,3,5-6,9-10,12-13H2,1-2H3,(H3,18,19,20);1H. The first-order valence-corrected chi connectivity index (χ1v) is 8.04. The van der Waals surface area contributed by atoms with Gasteiger partial charge in [0.1, 0.15) is 12.4 Å². The Hall–Kier alpha value is -1.02. The van der Waals surface area contributed by atoms with Crippen molar-refractivity contribution in [1.82, 2.24) is 10.2 Å². The van der Waals surface area contributed by atoms with Crippen molar-refractivity contribution in [3.8, 4) is 5.75 Å². The Morgan fingerprint density at radius 3 is 2.83 bits per heavy atom. The number of ether oxygens (including phenoxy) is 1. The highest BCUT2D eigenvalue weighted by molar-refractivity contribution is 14.0. The molecule has 1 aromatic carbocycles. The lowest BCUT2D eigenvalue weighted by Crippen LogP contribution is -2.37. The first kappa shape index (κ1) is 20.0. The fourth-order valence-corrected chi connectivity index (χ4v) is 2.26. The zero-order chi connectivity index (χ0) is 15.8. The number of likely N-dealkylation sites (N-methyl/N-ethyl adjacent to an activating group) is 1. The Morgan fingerprint density at radius 2 is 2.17 bits per heavy atom. The molecule has 2 rings (SSSR count). The van der Waals surface area contributed by atoms with Crippen LogP contribution in [0.25, 0.3) is 0 Å². The van der Waals surface area contributed by atoms with Gasteiger partial charge in [-0.2, -0.15) is 0 Å². The lowest BCUT2D eigenvalue weighted by molar-refractivity contribution is 0.261. The molecule has 0 aliphatic heterocycles. The molecule has 23 heavy (non-hydrogen) atoms. The second-order valence-electron chi connectivity index (χ2n) is 6.18. The van der Waals surface area contributed by atoms with E-state index >= 15 is 0 Å². The summed E-state index contributed by atoms with van der Waals surface area (Å²) in [7, 11) is 4.07. The SMILES string of the molecule is CN(C)CCOc1cccc(CN=C(N)NCC2CCC2)c1.I. The zero-order valence-electron chi connectivity index (χ0n) is 14.1. The maximum atomic E-state index is 5.90. The van der Waals surface area contributed by atoms with Gasteiger partial charge in [0.05, 0.1) is 6.54 Å². The number of aliphatic imine (C=N–C) groups is 1. The van der Waals surface area contributed by atoms with E-state index < -0.39 is 0 Å². The molecule has 0 saturated heterocycles.